The summed E-state index contributed by atoms with van der Waals surface area (Å²) in [6.07, 6.45) is 4.61. The summed E-state index contributed by atoms with van der Waals surface area (Å²) in [4.78, 5) is 40.8. The van der Waals surface area contributed by atoms with Crippen molar-refractivity contribution >= 4 is 29.3 Å². The van der Waals surface area contributed by atoms with Gasteiger partial charge in [0.1, 0.15) is 5.92 Å². The Morgan fingerprint density at radius 1 is 1.37 bits per heavy atom. The van der Waals surface area contributed by atoms with Crippen molar-refractivity contribution in [1.82, 2.24) is 4.98 Å². The average molecular weight is 413 g/mol. The summed E-state index contributed by atoms with van der Waals surface area (Å²) in [5.74, 6) is -1.26. The van der Waals surface area contributed by atoms with Crippen LogP contribution in [0.3, 0.4) is 0 Å². The highest BCUT2D eigenvalue weighted by molar-refractivity contribution is 5.98. The number of anilines is 2. The molecule has 9 nitrogen and oxygen atoms in total. The van der Waals surface area contributed by atoms with Crippen molar-refractivity contribution in [2.75, 3.05) is 24.4 Å². The summed E-state index contributed by atoms with van der Waals surface area (Å²) in [7, 11) is 1.26. The molecule has 1 aromatic heterocycles. The molecule has 30 heavy (non-hydrogen) atoms. The summed E-state index contributed by atoms with van der Waals surface area (Å²) in [6, 6.07) is 4.91. The van der Waals surface area contributed by atoms with Gasteiger partial charge in [-0.15, -0.1) is 0 Å². The number of aromatic nitrogens is 1. The number of esters is 1. The highest BCUT2D eigenvalue weighted by atomic mass is 16.5. The second-order valence-corrected chi connectivity index (χ2v) is 6.69. The Kier molecular flexibility index (Phi) is 6.51. The second-order valence-electron chi connectivity index (χ2n) is 6.69. The topological polar surface area (TPSA) is 120 Å². The molecule has 158 valence electrons. The minimum atomic E-state index is -0.714. The van der Waals surface area contributed by atoms with Crippen LogP contribution in [0.25, 0.3) is 11.3 Å². The van der Waals surface area contributed by atoms with Crippen LogP contribution in [0.15, 0.2) is 41.0 Å². The van der Waals surface area contributed by atoms with E-state index < -0.39 is 23.9 Å². The lowest BCUT2D eigenvalue weighted by atomic mass is 10.0. The maximum Gasteiger partial charge on any atom is 0.411 e. The van der Waals surface area contributed by atoms with Crippen molar-refractivity contribution in [3.63, 3.8) is 0 Å². The number of nitrogens with zero attached hydrogens (tertiary/aromatic N) is 1. The lowest BCUT2D eigenvalue weighted by Gasteiger charge is -2.15. The number of carbonyl (C=O) groups is 3. The van der Waals surface area contributed by atoms with Crippen LogP contribution >= 0.6 is 0 Å². The Morgan fingerprint density at radius 3 is 2.90 bits per heavy atom. The molecule has 0 saturated carbocycles. The number of fused-ring (bicyclic) bond motifs is 4. The third kappa shape index (κ3) is 4.68. The number of hydrogen-bond donors (Lipinski definition) is 2. The van der Waals surface area contributed by atoms with Gasteiger partial charge < -0.3 is 19.2 Å². The molecular formula is C21H23N3O6. The molecular weight excluding hydrogens is 390 g/mol. The quantitative estimate of drug-likeness (QED) is 0.581. The molecule has 2 aromatic rings. The molecule has 0 saturated heterocycles. The van der Waals surface area contributed by atoms with Gasteiger partial charge in [0.15, 0.2) is 5.76 Å². The Balaban J connectivity index is 2.06. The molecule has 2 N–H and O–H groups in total. The molecule has 1 unspecified atom stereocenters. The van der Waals surface area contributed by atoms with E-state index in [0.717, 1.165) is 0 Å². The highest BCUT2D eigenvalue weighted by Gasteiger charge is 2.27. The van der Waals surface area contributed by atoms with Crippen LogP contribution in [0.4, 0.5) is 16.2 Å². The van der Waals surface area contributed by atoms with E-state index in [1.807, 2.05) is 0 Å². The monoisotopic (exact) mass is 413 g/mol. The number of rotatable bonds is 3. The zero-order valence-electron chi connectivity index (χ0n) is 16.9. The van der Waals surface area contributed by atoms with E-state index in [4.69, 9.17) is 9.15 Å². The lowest BCUT2D eigenvalue weighted by molar-refractivity contribution is -0.145. The Bertz CT molecular complexity index is 981. The van der Waals surface area contributed by atoms with E-state index in [1.54, 1.807) is 44.2 Å². The standard InChI is InChI=1S/C21H23N3O6/c1-4-29-20(26)15-7-5-6-12(2)18(25)24-16-10-13(23-21(27)28-3)8-9-14(16)17-11-22-19(15)30-17/h5-6,8-12,15H,4,7H2,1-3H3,(H,23,27)(H,24,25)/b6-5+/t12-,15?/m1/s1. The smallest absolute Gasteiger partial charge is 0.411 e. The molecule has 2 bridgehead atoms. The second kappa shape index (κ2) is 9.25. The van der Waals surface area contributed by atoms with Gasteiger partial charge in [-0.2, -0.15) is 0 Å². The fourth-order valence-corrected chi connectivity index (χ4v) is 2.98. The number of ether oxygens (including phenoxy) is 2. The molecule has 2 heterocycles. The maximum absolute atomic E-state index is 12.7. The zero-order valence-corrected chi connectivity index (χ0v) is 16.9. The number of methoxy groups -OCH3 is 1. The molecule has 3 rings (SSSR count). The van der Waals surface area contributed by atoms with E-state index in [2.05, 4.69) is 20.4 Å². The molecule has 0 fully saturated rings. The van der Waals surface area contributed by atoms with Crippen LogP contribution in [0.1, 0.15) is 32.1 Å². The number of amides is 2. The van der Waals surface area contributed by atoms with Crippen molar-refractivity contribution in [2.45, 2.75) is 26.2 Å². The first-order chi connectivity index (χ1) is 14.4. The molecule has 1 aromatic carbocycles. The van der Waals surface area contributed by atoms with Crippen LogP contribution in [0, 0.1) is 5.92 Å². The van der Waals surface area contributed by atoms with Crippen molar-refractivity contribution in [3.05, 3.63) is 42.4 Å². The van der Waals surface area contributed by atoms with Crippen LogP contribution in [-0.2, 0) is 19.1 Å². The van der Waals surface area contributed by atoms with Gasteiger partial charge >= 0.3 is 12.1 Å². The molecule has 2 amide bonds. The zero-order chi connectivity index (χ0) is 21.7. The predicted octanol–water partition coefficient (Wildman–Crippen LogP) is 3.70. The third-order valence-corrected chi connectivity index (χ3v) is 4.58. The van der Waals surface area contributed by atoms with Gasteiger partial charge in [-0.05, 0) is 31.5 Å². The number of allylic oxidation sites excluding steroid dienone is 1. The van der Waals surface area contributed by atoms with Gasteiger partial charge in [-0.3, -0.25) is 14.9 Å². The average Bonchev–Trinajstić information content (AvgIpc) is 3.20. The minimum absolute atomic E-state index is 0.232. The molecule has 1 aliphatic heterocycles. The van der Waals surface area contributed by atoms with Crippen molar-refractivity contribution in [2.24, 2.45) is 5.92 Å². The van der Waals surface area contributed by atoms with Crippen molar-refractivity contribution < 1.29 is 28.3 Å². The number of hydrogen-bond acceptors (Lipinski definition) is 7. The third-order valence-electron chi connectivity index (χ3n) is 4.58. The molecule has 2 atom stereocenters. The van der Waals surface area contributed by atoms with E-state index >= 15 is 0 Å². The fourth-order valence-electron chi connectivity index (χ4n) is 2.98. The van der Waals surface area contributed by atoms with Gasteiger partial charge in [0.05, 0.1) is 31.5 Å². The van der Waals surface area contributed by atoms with Crippen LogP contribution in [0.5, 0.6) is 0 Å². The van der Waals surface area contributed by atoms with Crippen LogP contribution in [0.2, 0.25) is 0 Å². The normalized spacial score (nSPS) is 19.4. The Labute approximate surface area is 173 Å². The lowest BCUT2D eigenvalue weighted by Crippen LogP contribution is -2.20. The first kappa shape index (κ1) is 21.1. The highest BCUT2D eigenvalue weighted by Crippen LogP contribution is 2.34. The van der Waals surface area contributed by atoms with Gasteiger partial charge in [-0.25, -0.2) is 9.78 Å². The Hall–Kier alpha value is -3.62. The summed E-state index contributed by atoms with van der Waals surface area (Å²) >= 11 is 0. The summed E-state index contributed by atoms with van der Waals surface area (Å²) < 4.78 is 15.6. The fraction of sp³-hybridized carbons (Fsp3) is 0.333. The van der Waals surface area contributed by atoms with E-state index in [9.17, 15) is 14.4 Å². The summed E-state index contributed by atoms with van der Waals surface area (Å²) in [6.45, 7) is 3.71. The first-order valence-electron chi connectivity index (χ1n) is 9.52. The van der Waals surface area contributed by atoms with Gasteiger partial charge in [0.25, 0.3) is 0 Å². The molecule has 0 aliphatic carbocycles. The van der Waals surface area contributed by atoms with E-state index in [-0.39, 0.29) is 18.4 Å². The van der Waals surface area contributed by atoms with Crippen LogP contribution < -0.4 is 10.6 Å². The molecule has 1 aliphatic rings. The van der Waals surface area contributed by atoms with Gasteiger partial charge in [-0.1, -0.05) is 19.1 Å². The number of carbonyl (C=O) groups excluding carboxylic acids is 3. The first-order valence-corrected chi connectivity index (χ1v) is 9.52. The van der Waals surface area contributed by atoms with Gasteiger partial charge in [0, 0.05) is 11.3 Å². The maximum atomic E-state index is 12.7. The van der Waals surface area contributed by atoms with Crippen molar-refractivity contribution in [3.8, 4) is 11.3 Å². The number of oxazole rings is 1. The van der Waals surface area contributed by atoms with E-state index in [0.29, 0.717) is 29.1 Å². The molecule has 0 spiro atoms. The minimum Gasteiger partial charge on any atom is -0.465 e. The van der Waals surface area contributed by atoms with E-state index in [1.165, 1.54) is 13.3 Å². The summed E-state index contributed by atoms with van der Waals surface area (Å²) in [5, 5.41) is 5.41. The Morgan fingerprint density at radius 2 is 2.17 bits per heavy atom. The molecule has 9 heteroatoms. The molecule has 0 radical (unpaired) electrons. The van der Waals surface area contributed by atoms with Crippen LogP contribution in [-0.4, -0.2) is 36.7 Å². The largest absolute Gasteiger partial charge is 0.465 e. The number of benzene rings is 1. The van der Waals surface area contributed by atoms with Gasteiger partial charge in [0.2, 0.25) is 11.8 Å². The SMILES string of the molecule is CCOC(=O)C1C/C=C/[C@@H](C)C(=O)Nc2cc(NC(=O)OC)ccc2-c2cnc1o2. The predicted molar refractivity (Wildman–Crippen MR) is 109 cm³/mol. The van der Waals surface area contributed by atoms with Crippen molar-refractivity contribution in [1.29, 1.82) is 0 Å². The summed E-state index contributed by atoms with van der Waals surface area (Å²) in [5.41, 5.74) is 1.40. The number of nitrogens with one attached hydrogen (secondary N) is 2.